The molecule has 8 heavy (non-hydrogen) atoms. The van der Waals surface area contributed by atoms with Crippen LogP contribution >= 0.6 is 0 Å². The van der Waals surface area contributed by atoms with E-state index < -0.39 is 0 Å². The summed E-state index contributed by atoms with van der Waals surface area (Å²) in [5.41, 5.74) is 5.73. The van der Waals surface area contributed by atoms with Gasteiger partial charge < -0.3 is 11.1 Å². The molecule has 1 rings (SSSR count). The smallest absolute Gasteiger partial charge is 0.0206 e. The Balaban J connectivity index is 2.30. The van der Waals surface area contributed by atoms with Crippen LogP contribution in [0.4, 0.5) is 0 Å². The summed E-state index contributed by atoms with van der Waals surface area (Å²) in [6, 6.07) is 0.417. The van der Waals surface area contributed by atoms with Gasteiger partial charge in [0.25, 0.3) is 0 Å². The van der Waals surface area contributed by atoms with Crippen molar-refractivity contribution in [2.75, 3.05) is 13.1 Å². The van der Waals surface area contributed by atoms with Crippen LogP contribution in [-0.2, 0) is 0 Å². The van der Waals surface area contributed by atoms with E-state index in [-0.39, 0.29) is 0 Å². The first kappa shape index (κ1) is 6.05. The Bertz CT molecular complexity index is 72.9. The Labute approximate surface area is 50.4 Å². The van der Waals surface area contributed by atoms with Crippen molar-refractivity contribution >= 4 is 0 Å². The van der Waals surface area contributed by atoms with Crippen LogP contribution in [0, 0.1) is 5.92 Å². The van der Waals surface area contributed by atoms with Crippen LogP contribution in [-0.4, -0.2) is 19.1 Å². The molecule has 0 aromatic heterocycles. The van der Waals surface area contributed by atoms with E-state index in [1.807, 2.05) is 0 Å². The maximum Gasteiger partial charge on any atom is 0.0206 e. The molecule has 3 N–H and O–H groups in total. The molecule has 0 aromatic rings. The van der Waals surface area contributed by atoms with E-state index in [2.05, 4.69) is 12.2 Å². The summed E-state index contributed by atoms with van der Waals surface area (Å²) in [6.45, 7) is 4.33. The lowest BCUT2D eigenvalue weighted by Crippen LogP contribution is -2.28. The summed E-state index contributed by atoms with van der Waals surface area (Å²) in [7, 11) is 0. The highest BCUT2D eigenvalue weighted by Gasteiger charge is 2.20. The lowest BCUT2D eigenvalue weighted by Gasteiger charge is -2.08. The van der Waals surface area contributed by atoms with Crippen molar-refractivity contribution in [1.82, 2.24) is 5.32 Å². The summed E-state index contributed by atoms with van der Waals surface area (Å²) in [6.07, 6.45) is 1.22. The highest BCUT2D eigenvalue weighted by atomic mass is 15.0. The SMILES string of the molecule is CC[C@@H]1CNC[C@@H]1N. The van der Waals surface area contributed by atoms with Crippen LogP contribution in [0.1, 0.15) is 13.3 Å². The maximum absolute atomic E-state index is 5.73. The molecular formula is C6H14N2. The Kier molecular flexibility index (Phi) is 1.86. The van der Waals surface area contributed by atoms with Crippen molar-refractivity contribution in [2.45, 2.75) is 19.4 Å². The zero-order valence-electron chi connectivity index (χ0n) is 5.35. The van der Waals surface area contributed by atoms with Gasteiger partial charge in [-0.1, -0.05) is 13.3 Å². The second-order valence-corrected chi connectivity index (χ2v) is 2.49. The molecule has 2 nitrogen and oxygen atoms in total. The first-order chi connectivity index (χ1) is 3.84. The van der Waals surface area contributed by atoms with E-state index in [9.17, 15) is 0 Å². The van der Waals surface area contributed by atoms with E-state index >= 15 is 0 Å². The monoisotopic (exact) mass is 114 g/mol. The second kappa shape index (κ2) is 2.46. The second-order valence-electron chi connectivity index (χ2n) is 2.49. The Morgan fingerprint density at radius 3 is 2.62 bits per heavy atom. The van der Waals surface area contributed by atoms with Gasteiger partial charge in [-0.15, -0.1) is 0 Å². The molecule has 1 aliphatic rings. The third kappa shape index (κ3) is 1.01. The zero-order valence-corrected chi connectivity index (χ0v) is 5.35. The standard InChI is InChI=1S/C6H14N2/c1-2-5-3-8-4-6(5)7/h5-6,8H,2-4,7H2,1H3/t5-,6+/m1/s1. The minimum absolute atomic E-state index is 0.417. The summed E-state index contributed by atoms with van der Waals surface area (Å²) in [5.74, 6) is 0.731. The fourth-order valence-electron chi connectivity index (χ4n) is 1.20. The fraction of sp³-hybridized carbons (Fsp3) is 1.00. The average Bonchev–Trinajstić information content (AvgIpc) is 2.14. The predicted octanol–water partition coefficient (Wildman–Crippen LogP) is -0.0569. The summed E-state index contributed by atoms with van der Waals surface area (Å²) in [4.78, 5) is 0. The van der Waals surface area contributed by atoms with E-state index in [0.29, 0.717) is 6.04 Å². The van der Waals surface area contributed by atoms with Crippen LogP contribution in [0.25, 0.3) is 0 Å². The third-order valence-electron chi connectivity index (χ3n) is 1.92. The van der Waals surface area contributed by atoms with E-state index in [1.165, 1.54) is 6.42 Å². The zero-order chi connectivity index (χ0) is 5.98. The van der Waals surface area contributed by atoms with Gasteiger partial charge in [0, 0.05) is 12.6 Å². The largest absolute Gasteiger partial charge is 0.326 e. The Morgan fingerprint density at radius 2 is 2.38 bits per heavy atom. The fourth-order valence-corrected chi connectivity index (χ4v) is 1.20. The molecule has 0 spiro atoms. The molecule has 1 aliphatic heterocycles. The molecule has 1 fully saturated rings. The Hall–Kier alpha value is -0.0800. The molecule has 0 radical (unpaired) electrons. The van der Waals surface area contributed by atoms with E-state index in [0.717, 1.165) is 19.0 Å². The van der Waals surface area contributed by atoms with E-state index in [1.54, 1.807) is 0 Å². The van der Waals surface area contributed by atoms with E-state index in [4.69, 9.17) is 5.73 Å². The number of rotatable bonds is 1. The molecule has 0 unspecified atom stereocenters. The van der Waals surface area contributed by atoms with Gasteiger partial charge in [-0.25, -0.2) is 0 Å². The van der Waals surface area contributed by atoms with Crippen LogP contribution < -0.4 is 11.1 Å². The van der Waals surface area contributed by atoms with Crippen molar-refractivity contribution in [3.05, 3.63) is 0 Å². The van der Waals surface area contributed by atoms with Gasteiger partial charge in [0.1, 0.15) is 0 Å². The minimum Gasteiger partial charge on any atom is -0.326 e. The molecule has 0 aliphatic carbocycles. The molecular weight excluding hydrogens is 100 g/mol. The number of hydrogen-bond acceptors (Lipinski definition) is 2. The molecule has 0 aromatic carbocycles. The van der Waals surface area contributed by atoms with Gasteiger partial charge in [0.15, 0.2) is 0 Å². The van der Waals surface area contributed by atoms with Crippen LogP contribution in [0.3, 0.4) is 0 Å². The molecule has 0 saturated carbocycles. The predicted molar refractivity (Wildman–Crippen MR) is 34.6 cm³/mol. The van der Waals surface area contributed by atoms with Crippen molar-refractivity contribution in [3.63, 3.8) is 0 Å². The molecule has 0 amide bonds. The maximum atomic E-state index is 5.73. The van der Waals surface area contributed by atoms with Crippen molar-refractivity contribution in [1.29, 1.82) is 0 Å². The first-order valence-electron chi connectivity index (χ1n) is 3.31. The number of hydrogen-bond donors (Lipinski definition) is 2. The van der Waals surface area contributed by atoms with Gasteiger partial charge in [0.2, 0.25) is 0 Å². The summed E-state index contributed by atoms with van der Waals surface area (Å²) >= 11 is 0. The molecule has 2 heteroatoms. The average molecular weight is 114 g/mol. The summed E-state index contributed by atoms with van der Waals surface area (Å²) in [5, 5.41) is 3.25. The van der Waals surface area contributed by atoms with Crippen molar-refractivity contribution < 1.29 is 0 Å². The number of nitrogens with two attached hydrogens (primary N) is 1. The molecule has 48 valence electrons. The molecule has 0 bridgehead atoms. The highest BCUT2D eigenvalue weighted by Crippen LogP contribution is 2.09. The Morgan fingerprint density at radius 1 is 1.62 bits per heavy atom. The molecule has 2 atom stereocenters. The van der Waals surface area contributed by atoms with Crippen LogP contribution in [0.2, 0.25) is 0 Å². The first-order valence-corrected chi connectivity index (χ1v) is 3.31. The summed E-state index contributed by atoms with van der Waals surface area (Å²) < 4.78 is 0. The van der Waals surface area contributed by atoms with Crippen LogP contribution in [0.5, 0.6) is 0 Å². The van der Waals surface area contributed by atoms with Crippen molar-refractivity contribution in [3.8, 4) is 0 Å². The normalized spacial score (nSPS) is 38.2. The lowest BCUT2D eigenvalue weighted by molar-refractivity contribution is 0.499. The van der Waals surface area contributed by atoms with Gasteiger partial charge in [-0.05, 0) is 12.5 Å². The van der Waals surface area contributed by atoms with Gasteiger partial charge >= 0.3 is 0 Å². The van der Waals surface area contributed by atoms with Crippen LogP contribution in [0.15, 0.2) is 0 Å². The highest BCUT2D eigenvalue weighted by molar-refractivity contribution is 4.82. The minimum atomic E-state index is 0.417. The lowest BCUT2D eigenvalue weighted by atomic mass is 10.0. The quantitative estimate of drug-likeness (QED) is 0.501. The molecule has 1 heterocycles. The van der Waals surface area contributed by atoms with Gasteiger partial charge in [-0.3, -0.25) is 0 Å². The van der Waals surface area contributed by atoms with Gasteiger partial charge in [-0.2, -0.15) is 0 Å². The van der Waals surface area contributed by atoms with Crippen molar-refractivity contribution in [2.24, 2.45) is 11.7 Å². The number of nitrogens with one attached hydrogen (secondary N) is 1. The topological polar surface area (TPSA) is 38.0 Å². The third-order valence-corrected chi connectivity index (χ3v) is 1.92. The molecule has 1 saturated heterocycles. The van der Waals surface area contributed by atoms with Gasteiger partial charge in [0.05, 0.1) is 0 Å².